The summed E-state index contributed by atoms with van der Waals surface area (Å²) in [6, 6.07) is -0.427. The van der Waals surface area contributed by atoms with Crippen LogP contribution in [0.15, 0.2) is 0 Å². The van der Waals surface area contributed by atoms with Gasteiger partial charge in [-0.15, -0.1) is 0 Å². The summed E-state index contributed by atoms with van der Waals surface area (Å²) in [6.45, 7) is 13.3. The van der Waals surface area contributed by atoms with E-state index in [1.54, 1.807) is 6.92 Å². The number of rotatable bonds is 15. The summed E-state index contributed by atoms with van der Waals surface area (Å²) in [7, 11) is 0. The number of ether oxygens (including phenoxy) is 4. The molecule has 4 N–H and O–H groups in total. The number of nitrogens with one attached hydrogen (secondary N) is 1. The summed E-state index contributed by atoms with van der Waals surface area (Å²) in [4.78, 5) is 23.6. The number of carboxylic acids is 1. The third kappa shape index (κ3) is 11.1. The van der Waals surface area contributed by atoms with Gasteiger partial charge in [0.2, 0.25) is 5.91 Å². The Labute approximate surface area is 209 Å². The highest BCUT2D eigenvalue weighted by molar-refractivity contribution is 5.73. The Kier molecular flexibility index (Phi) is 13.7. The van der Waals surface area contributed by atoms with E-state index in [1.807, 2.05) is 34.6 Å². The van der Waals surface area contributed by atoms with Crippen molar-refractivity contribution in [3.8, 4) is 0 Å². The van der Waals surface area contributed by atoms with Crippen LogP contribution >= 0.6 is 0 Å². The smallest absolute Gasteiger partial charge is 0.333 e. The van der Waals surface area contributed by atoms with E-state index < -0.39 is 47.9 Å². The maximum Gasteiger partial charge on any atom is 0.333 e. The lowest BCUT2D eigenvalue weighted by molar-refractivity contribution is -0.182. The Hall–Kier alpha value is -1.30. The van der Waals surface area contributed by atoms with Gasteiger partial charge in [-0.1, -0.05) is 13.8 Å². The monoisotopic (exact) mass is 505 g/mol. The van der Waals surface area contributed by atoms with Crippen molar-refractivity contribution in [3.05, 3.63) is 0 Å². The average molecular weight is 506 g/mol. The quantitative estimate of drug-likeness (QED) is 0.261. The molecular weight excluding hydrogens is 458 g/mol. The third-order valence-corrected chi connectivity index (χ3v) is 6.30. The van der Waals surface area contributed by atoms with Gasteiger partial charge in [0.25, 0.3) is 0 Å². The van der Waals surface area contributed by atoms with E-state index in [-0.39, 0.29) is 50.8 Å². The van der Waals surface area contributed by atoms with E-state index in [1.165, 1.54) is 6.92 Å². The highest BCUT2D eigenvalue weighted by atomic mass is 16.6. The topological polar surface area (TPSA) is 144 Å². The highest BCUT2D eigenvalue weighted by Crippen LogP contribution is 2.30. The summed E-state index contributed by atoms with van der Waals surface area (Å²) >= 11 is 0. The van der Waals surface area contributed by atoms with Crippen molar-refractivity contribution < 1.29 is 43.9 Å². The van der Waals surface area contributed by atoms with Crippen LogP contribution in [-0.4, -0.2) is 96.3 Å². The second kappa shape index (κ2) is 15.1. The Morgan fingerprint density at radius 2 is 1.86 bits per heavy atom. The highest BCUT2D eigenvalue weighted by Gasteiger charge is 2.40. The van der Waals surface area contributed by atoms with Crippen LogP contribution in [0.5, 0.6) is 0 Å². The molecule has 0 saturated carbocycles. The van der Waals surface area contributed by atoms with Gasteiger partial charge in [-0.05, 0) is 46.5 Å². The molecule has 1 rings (SSSR count). The normalized spacial score (nSPS) is 26.5. The lowest BCUT2D eigenvalue weighted by Crippen LogP contribution is -2.53. The number of amides is 1. The molecular formula is C25H47NO9. The molecule has 0 aromatic heterocycles. The van der Waals surface area contributed by atoms with Crippen LogP contribution in [0, 0.1) is 17.8 Å². The van der Waals surface area contributed by atoms with Crippen molar-refractivity contribution in [2.24, 2.45) is 17.8 Å². The molecule has 206 valence electrons. The van der Waals surface area contributed by atoms with Crippen molar-refractivity contribution in [3.63, 3.8) is 0 Å². The van der Waals surface area contributed by atoms with Crippen LogP contribution < -0.4 is 5.32 Å². The molecule has 1 amide bonds. The lowest BCUT2D eigenvalue weighted by atomic mass is 9.85. The number of aliphatic hydroxyl groups excluding tert-OH is 2. The van der Waals surface area contributed by atoms with Gasteiger partial charge in [0.05, 0.1) is 50.3 Å². The van der Waals surface area contributed by atoms with E-state index in [2.05, 4.69) is 5.32 Å². The van der Waals surface area contributed by atoms with Gasteiger partial charge in [-0.25, -0.2) is 4.79 Å². The number of hydrogen-bond acceptors (Lipinski definition) is 8. The zero-order chi connectivity index (χ0) is 26.8. The molecule has 0 aromatic carbocycles. The van der Waals surface area contributed by atoms with E-state index in [4.69, 9.17) is 18.9 Å². The average Bonchev–Trinajstić information content (AvgIpc) is 2.77. The first-order chi connectivity index (χ1) is 16.3. The van der Waals surface area contributed by atoms with Crippen molar-refractivity contribution in [2.75, 3.05) is 33.0 Å². The van der Waals surface area contributed by atoms with Gasteiger partial charge in [0.15, 0.2) is 6.10 Å². The van der Waals surface area contributed by atoms with Crippen molar-refractivity contribution in [1.29, 1.82) is 0 Å². The Morgan fingerprint density at radius 3 is 2.34 bits per heavy atom. The van der Waals surface area contributed by atoms with Crippen LogP contribution in [0.1, 0.15) is 61.3 Å². The molecule has 1 fully saturated rings. The number of carboxylic acid groups (broad SMARTS) is 1. The molecule has 35 heavy (non-hydrogen) atoms. The fourth-order valence-corrected chi connectivity index (χ4v) is 4.28. The van der Waals surface area contributed by atoms with E-state index >= 15 is 0 Å². The van der Waals surface area contributed by atoms with Crippen LogP contribution in [0.4, 0.5) is 0 Å². The summed E-state index contributed by atoms with van der Waals surface area (Å²) in [5.41, 5.74) is -0.412. The second-order valence-corrected chi connectivity index (χ2v) is 10.6. The SMILES string of the molecule is CC[C@@H](COCC1OC(C(=O)O)[C@@H](CO)C[C@@H]1C)C(NC(C)=O)C(COC(C)(C)C)OC(C)CO. The molecule has 1 aliphatic rings. The van der Waals surface area contributed by atoms with Gasteiger partial charge in [0, 0.05) is 25.4 Å². The van der Waals surface area contributed by atoms with Gasteiger partial charge >= 0.3 is 5.97 Å². The first-order valence-corrected chi connectivity index (χ1v) is 12.6. The predicted molar refractivity (Wildman–Crippen MR) is 130 cm³/mol. The van der Waals surface area contributed by atoms with Crippen LogP contribution in [-0.2, 0) is 28.5 Å². The molecule has 0 aromatic rings. The summed E-state index contributed by atoms with van der Waals surface area (Å²) in [6.07, 6.45) is -1.22. The molecule has 1 saturated heterocycles. The van der Waals surface area contributed by atoms with Crippen LogP contribution in [0.25, 0.3) is 0 Å². The molecule has 0 radical (unpaired) electrons. The minimum Gasteiger partial charge on any atom is -0.479 e. The maximum atomic E-state index is 12.1. The molecule has 1 aliphatic heterocycles. The fourth-order valence-electron chi connectivity index (χ4n) is 4.28. The number of aliphatic hydroxyl groups is 2. The number of carbonyl (C=O) groups is 2. The largest absolute Gasteiger partial charge is 0.479 e. The molecule has 10 heteroatoms. The number of hydrogen-bond donors (Lipinski definition) is 4. The van der Waals surface area contributed by atoms with Gasteiger partial charge in [-0.2, -0.15) is 0 Å². The van der Waals surface area contributed by atoms with Crippen LogP contribution in [0.3, 0.4) is 0 Å². The van der Waals surface area contributed by atoms with Gasteiger partial charge in [-0.3, -0.25) is 4.79 Å². The summed E-state index contributed by atoms with van der Waals surface area (Å²) in [5.74, 6) is -1.85. The van der Waals surface area contributed by atoms with Gasteiger partial charge in [0.1, 0.15) is 6.10 Å². The first-order valence-electron chi connectivity index (χ1n) is 12.6. The lowest BCUT2D eigenvalue weighted by Gasteiger charge is -2.38. The second-order valence-electron chi connectivity index (χ2n) is 10.6. The predicted octanol–water partition coefficient (Wildman–Crippen LogP) is 1.60. The Balaban J connectivity index is 2.92. The third-order valence-electron chi connectivity index (χ3n) is 6.30. The van der Waals surface area contributed by atoms with Crippen molar-refractivity contribution in [2.45, 2.75) is 97.4 Å². The standard InChI is InChI=1S/C25H47NO9/c1-8-18(12-32-13-20-15(2)9-19(11-28)23(35-20)24(30)31)22(26-17(4)29)21(34-16(3)10-27)14-33-25(5,6)7/h15-16,18-23,27-28H,8-14H2,1-7H3,(H,26,29)(H,30,31)/t15-,16?,18-,19+,20?,21?,22?,23?/m0/s1. The zero-order valence-corrected chi connectivity index (χ0v) is 22.4. The number of carbonyl (C=O) groups excluding carboxylic acids is 1. The maximum absolute atomic E-state index is 12.1. The Bertz CT molecular complexity index is 639. The van der Waals surface area contributed by atoms with Crippen LogP contribution in [0.2, 0.25) is 0 Å². The molecule has 0 aliphatic carbocycles. The number of aliphatic carboxylic acids is 1. The van der Waals surface area contributed by atoms with Crippen molar-refractivity contribution in [1.82, 2.24) is 5.32 Å². The minimum absolute atomic E-state index is 0.0237. The Morgan fingerprint density at radius 1 is 1.20 bits per heavy atom. The molecule has 10 nitrogen and oxygen atoms in total. The van der Waals surface area contributed by atoms with E-state index in [0.717, 1.165) is 0 Å². The molecule has 0 bridgehead atoms. The molecule has 5 unspecified atom stereocenters. The zero-order valence-electron chi connectivity index (χ0n) is 22.4. The summed E-state index contributed by atoms with van der Waals surface area (Å²) in [5, 5.41) is 31.5. The minimum atomic E-state index is -1.09. The molecule has 1 heterocycles. The first kappa shape index (κ1) is 31.7. The summed E-state index contributed by atoms with van der Waals surface area (Å²) < 4.78 is 23.8. The fraction of sp³-hybridized carbons (Fsp3) is 0.920. The molecule has 0 spiro atoms. The van der Waals surface area contributed by atoms with E-state index in [0.29, 0.717) is 12.8 Å². The molecule has 8 atom stereocenters. The van der Waals surface area contributed by atoms with E-state index in [9.17, 15) is 24.9 Å². The van der Waals surface area contributed by atoms with Gasteiger partial charge < -0.3 is 39.6 Å². The van der Waals surface area contributed by atoms with Crippen molar-refractivity contribution >= 4 is 11.9 Å².